The van der Waals surface area contributed by atoms with Gasteiger partial charge in [-0.1, -0.05) is 20.8 Å². The molecule has 0 saturated carbocycles. The lowest BCUT2D eigenvalue weighted by Crippen LogP contribution is -2.33. The van der Waals surface area contributed by atoms with E-state index in [2.05, 4.69) is 9.72 Å². The van der Waals surface area contributed by atoms with Gasteiger partial charge in [-0.2, -0.15) is 4.98 Å². The molecule has 2 heterocycles. The summed E-state index contributed by atoms with van der Waals surface area (Å²) in [6, 6.07) is 5.36. The molecule has 0 aliphatic carbocycles. The predicted octanol–water partition coefficient (Wildman–Crippen LogP) is 1.88. The average molecular weight is 304 g/mol. The number of aromatic nitrogens is 2. The Hall–Kier alpha value is -2.37. The van der Waals surface area contributed by atoms with Crippen molar-refractivity contribution in [3.05, 3.63) is 34.1 Å². The molecule has 0 aliphatic heterocycles. The minimum Gasteiger partial charge on any atom is -0.481 e. The normalized spacial score (nSPS) is 11.5. The number of carbonyl (C=O) groups excluding carboxylic acids is 1. The minimum absolute atomic E-state index is 0.185. The first-order valence-corrected chi connectivity index (χ1v) is 6.94. The van der Waals surface area contributed by atoms with E-state index in [1.807, 2.05) is 32.9 Å². The maximum atomic E-state index is 12.8. The van der Waals surface area contributed by atoms with Crippen LogP contribution in [0.1, 0.15) is 26.3 Å². The van der Waals surface area contributed by atoms with E-state index in [1.165, 1.54) is 18.8 Å². The second kappa shape index (κ2) is 5.79. The summed E-state index contributed by atoms with van der Waals surface area (Å²) < 4.78 is 11.1. The SMILES string of the molecule is COC(=O)Cn1c(=O)c(C(C)(C)C)cc2ccc(OC)nc21. The molecule has 0 N–H and O–H groups in total. The highest BCUT2D eigenvalue weighted by atomic mass is 16.5. The van der Waals surface area contributed by atoms with Gasteiger partial charge in [-0.05, 0) is 17.5 Å². The van der Waals surface area contributed by atoms with Gasteiger partial charge in [0.2, 0.25) is 5.88 Å². The number of rotatable bonds is 3. The fraction of sp³-hybridized carbons (Fsp3) is 0.438. The van der Waals surface area contributed by atoms with E-state index in [0.717, 1.165) is 5.39 Å². The van der Waals surface area contributed by atoms with E-state index in [9.17, 15) is 9.59 Å². The number of ether oxygens (including phenoxy) is 2. The molecule has 0 bridgehead atoms. The molecular weight excluding hydrogens is 284 g/mol. The van der Waals surface area contributed by atoms with Gasteiger partial charge in [0.25, 0.3) is 5.56 Å². The lowest BCUT2D eigenvalue weighted by Gasteiger charge is -2.20. The molecule has 6 nitrogen and oxygen atoms in total. The maximum absolute atomic E-state index is 12.8. The van der Waals surface area contributed by atoms with Crippen LogP contribution in [-0.2, 0) is 21.5 Å². The molecule has 0 atom stereocenters. The van der Waals surface area contributed by atoms with Crippen molar-refractivity contribution < 1.29 is 14.3 Å². The molecule has 6 heteroatoms. The van der Waals surface area contributed by atoms with Gasteiger partial charge in [-0.3, -0.25) is 14.2 Å². The van der Waals surface area contributed by atoms with E-state index < -0.39 is 5.97 Å². The van der Waals surface area contributed by atoms with Crippen molar-refractivity contribution >= 4 is 17.0 Å². The summed E-state index contributed by atoms with van der Waals surface area (Å²) in [5, 5.41) is 0.772. The van der Waals surface area contributed by atoms with Crippen molar-refractivity contribution in [2.75, 3.05) is 14.2 Å². The number of carbonyl (C=O) groups is 1. The molecule has 0 radical (unpaired) electrons. The van der Waals surface area contributed by atoms with Gasteiger partial charge in [0.15, 0.2) is 0 Å². The quantitative estimate of drug-likeness (QED) is 0.810. The molecule has 0 saturated heterocycles. The number of methoxy groups -OCH3 is 2. The highest BCUT2D eigenvalue weighted by Crippen LogP contribution is 2.23. The van der Waals surface area contributed by atoms with Crippen molar-refractivity contribution in [1.29, 1.82) is 0 Å². The van der Waals surface area contributed by atoms with E-state index in [1.54, 1.807) is 6.07 Å². The summed E-state index contributed by atoms with van der Waals surface area (Å²) >= 11 is 0. The monoisotopic (exact) mass is 304 g/mol. The smallest absolute Gasteiger partial charge is 0.325 e. The molecule has 0 fully saturated rings. The summed E-state index contributed by atoms with van der Waals surface area (Å²) in [4.78, 5) is 28.7. The van der Waals surface area contributed by atoms with Crippen molar-refractivity contribution in [1.82, 2.24) is 9.55 Å². The van der Waals surface area contributed by atoms with Gasteiger partial charge < -0.3 is 9.47 Å². The Morgan fingerprint density at radius 2 is 1.95 bits per heavy atom. The van der Waals surface area contributed by atoms with Crippen LogP contribution in [0.2, 0.25) is 0 Å². The maximum Gasteiger partial charge on any atom is 0.325 e. The van der Waals surface area contributed by atoms with Crippen LogP contribution in [0.3, 0.4) is 0 Å². The highest BCUT2D eigenvalue weighted by Gasteiger charge is 2.22. The summed E-state index contributed by atoms with van der Waals surface area (Å²) in [5.74, 6) is -0.117. The van der Waals surface area contributed by atoms with Gasteiger partial charge in [0.1, 0.15) is 12.2 Å². The van der Waals surface area contributed by atoms with Gasteiger partial charge in [-0.25, -0.2) is 0 Å². The fourth-order valence-electron chi connectivity index (χ4n) is 2.22. The topological polar surface area (TPSA) is 70.4 Å². The van der Waals surface area contributed by atoms with Gasteiger partial charge in [0.05, 0.1) is 14.2 Å². The molecule has 22 heavy (non-hydrogen) atoms. The zero-order valence-corrected chi connectivity index (χ0v) is 13.5. The van der Waals surface area contributed by atoms with E-state index in [4.69, 9.17) is 4.74 Å². The Bertz CT molecular complexity index is 772. The Labute approximate surface area is 128 Å². The van der Waals surface area contributed by atoms with Crippen molar-refractivity contribution in [2.45, 2.75) is 32.7 Å². The summed E-state index contributed by atoms with van der Waals surface area (Å²) in [6.45, 7) is 5.68. The number of nitrogens with zero attached hydrogens (tertiary/aromatic N) is 2. The van der Waals surface area contributed by atoms with Crippen LogP contribution in [0.4, 0.5) is 0 Å². The molecule has 0 amide bonds. The average Bonchev–Trinajstić information content (AvgIpc) is 2.47. The number of pyridine rings is 2. The molecule has 2 aromatic heterocycles. The highest BCUT2D eigenvalue weighted by molar-refractivity contribution is 5.79. The Morgan fingerprint density at radius 1 is 1.27 bits per heavy atom. The summed E-state index contributed by atoms with van der Waals surface area (Å²) in [5.41, 5.74) is 0.438. The van der Waals surface area contributed by atoms with Crippen molar-refractivity contribution in [3.63, 3.8) is 0 Å². The summed E-state index contributed by atoms with van der Waals surface area (Å²) in [7, 11) is 2.79. The van der Waals surface area contributed by atoms with Crippen LogP contribution in [-0.4, -0.2) is 29.7 Å². The molecule has 0 spiro atoms. The third-order valence-electron chi connectivity index (χ3n) is 3.44. The minimum atomic E-state index is -0.501. The van der Waals surface area contributed by atoms with E-state index in [-0.39, 0.29) is 17.5 Å². The lowest BCUT2D eigenvalue weighted by atomic mass is 9.87. The number of hydrogen-bond donors (Lipinski definition) is 0. The fourth-order valence-corrected chi connectivity index (χ4v) is 2.22. The summed E-state index contributed by atoms with van der Waals surface area (Å²) in [6.07, 6.45) is 0. The molecule has 0 aliphatic rings. The third-order valence-corrected chi connectivity index (χ3v) is 3.44. The van der Waals surface area contributed by atoms with Crippen LogP contribution >= 0.6 is 0 Å². The molecule has 2 aromatic rings. The van der Waals surface area contributed by atoms with Gasteiger partial charge in [-0.15, -0.1) is 0 Å². The number of hydrogen-bond acceptors (Lipinski definition) is 5. The second-order valence-corrected chi connectivity index (χ2v) is 6.04. The number of esters is 1. The zero-order valence-electron chi connectivity index (χ0n) is 13.5. The molecule has 118 valence electrons. The Morgan fingerprint density at radius 3 is 2.50 bits per heavy atom. The Kier molecular flexibility index (Phi) is 4.21. The zero-order chi connectivity index (χ0) is 16.5. The number of fused-ring (bicyclic) bond motifs is 1. The first kappa shape index (κ1) is 16.0. The molecular formula is C16H20N2O4. The van der Waals surface area contributed by atoms with Crippen molar-refractivity contribution in [3.8, 4) is 5.88 Å². The van der Waals surface area contributed by atoms with Crippen molar-refractivity contribution in [2.24, 2.45) is 0 Å². The van der Waals surface area contributed by atoms with Crippen LogP contribution in [0.15, 0.2) is 23.0 Å². The first-order chi connectivity index (χ1) is 10.3. The van der Waals surface area contributed by atoms with Crippen LogP contribution in [0, 0.1) is 0 Å². The third kappa shape index (κ3) is 2.95. The first-order valence-electron chi connectivity index (χ1n) is 6.94. The molecule has 0 aromatic carbocycles. The molecule has 0 unspecified atom stereocenters. The second-order valence-electron chi connectivity index (χ2n) is 6.04. The largest absolute Gasteiger partial charge is 0.481 e. The Balaban J connectivity index is 2.81. The lowest BCUT2D eigenvalue weighted by molar-refractivity contribution is -0.141. The van der Waals surface area contributed by atoms with Gasteiger partial charge in [0, 0.05) is 17.0 Å². The van der Waals surface area contributed by atoms with Gasteiger partial charge >= 0.3 is 5.97 Å². The predicted molar refractivity (Wildman–Crippen MR) is 83.3 cm³/mol. The van der Waals surface area contributed by atoms with Crippen LogP contribution < -0.4 is 10.3 Å². The standard InChI is InChI=1S/C16H20N2O4/c1-16(2,3)11-8-10-6-7-12(21-4)17-14(10)18(15(11)20)9-13(19)22-5/h6-8H,9H2,1-5H3. The van der Waals surface area contributed by atoms with Crippen LogP contribution in [0.25, 0.3) is 11.0 Å². The molecule has 2 rings (SSSR count). The van der Waals surface area contributed by atoms with Crippen LogP contribution in [0.5, 0.6) is 5.88 Å². The van der Waals surface area contributed by atoms with E-state index in [0.29, 0.717) is 17.1 Å². The van der Waals surface area contributed by atoms with E-state index >= 15 is 0 Å².